The summed E-state index contributed by atoms with van der Waals surface area (Å²) in [5.41, 5.74) is 7.09. The van der Waals surface area contributed by atoms with Gasteiger partial charge in [-0.25, -0.2) is 0 Å². The fourth-order valence-corrected chi connectivity index (χ4v) is 2.41. The molecule has 2 heterocycles. The van der Waals surface area contributed by atoms with Crippen LogP contribution in [0.5, 0.6) is 0 Å². The van der Waals surface area contributed by atoms with Crippen molar-refractivity contribution in [3.63, 3.8) is 0 Å². The van der Waals surface area contributed by atoms with Gasteiger partial charge in [0.15, 0.2) is 0 Å². The van der Waals surface area contributed by atoms with Crippen LogP contribution in [0.15, 0.2) is 65.5 Å². The summed E-state index contributed by atoms with van der Waals surface area (Å²) in [7, 11) is 2.02. The minimum Gasteiger partial charge on any atom is -0.357 e. The van der Waals surface area contributed by atoms with Gasteiger partial charge in [0.2, 0.25) is 0 Å². The van der Waals surface area contributed by atoms with Crippen LogP contribution in [0, 0.1) is 6.92 Å². The van der Waals surface area contributed by atoms with Gasteiger partial charge >= 0.3 is 0 Å². The number of hydrogen-bond donors (Lipinski definition) is 0. The Bertz CT molecular complexity index is 684. The highest BCUT2D eigenvalue weighted by molar-refractivity contribution is 6.28. The Labute approximate surface area is 120 Å². The predicted molar refractivity (Wildman–Crippen MR) is 86.1 cm³/mol. The van der Waals surface area contributed by atoms with Crippen molar-refractivity contribution in [3.05, 3.63) is 71.6 Å². The van der Waals surface area contributed by atoms with Crippen molar-refractivity contribution in [1.82, 2.24) is 4.90 Å². The van der Waals surface area contributed by atoms with Crippen LogP contribution in [0.1, 0.15) is 18.1 Å². The van der Waals surface area contributed by atoms with Crippen LogP contribution in [-0.2, 0) is 0 Å². The smallest absolute Gasteiger partial charge is 0.0712 e. The maximum atomic E-state index is 4.63. The van der Waals surface area contributed by atoms with E-state index in [0.717, 1.165) is 11.4 Å². The van der Waals surface area contributed by atoms with Crippen molar-refractivity contribution in [3.8, 4) is 0 Å². The van der Waals surface area contributed by atoms with Gasteiger partial charge in [0.1, 0.15) is 0 Å². The molecule has 100 valence electrons. The largest absolute Gasteiger partial charge is 0.357 e. The molecule has 1 aromatic rings. The lowest BCUT2D eigenvalue weighted by atomic mass is 10.0. The maximum absolute atomic E-state index is 4.63. The van der Waals surface area contributed by atoms with Crippen LogP contribution in [0.3, 0.4) is 0 Å². The molecular weight excluding hydrogens is 244 g/mol. The van der Waals surface area contributed by atoms with Gasteiger partial charge in [-0.2, -0.15) is 0 Å². The molecule has 2 aliphatic heterocycles. The number of rotatable bonds is 1. The number of aryl methyl sites for hydroxylation is 1. The lowest BCUT2D eigenvalue weighted by molar-refractivity contribution is 0.620. The molecule has 0 atom stereocenters. The molecule has 2 nitrogen and oxygen atoms in total. The summed E-state index contributed by atoms with van der Waals surface area (Å²) in [5.74, 6) is 0. The molecule has 20 heavy (non-hydrogen) atoms. The van der Waals surface area contributed by atoms with Gasteiger partial charge in [-0.15, -0.1) is 0 Å². The summed E-state index contributed by atoms with van der Waals surface area (Å²) in [4.78, 5) is 6.66. The van der Waals surface area contributed by atoms with Gasteiger partial charge in [-0.3, -0.25) is 4.99 Å². The molecule has 0 saturated heterocycles. The Morgan fingerprint density at radius 1 is 1.05 bits per heavy atom. The zero-order valence-corrected chi connectivity index (χ0v) is 12.1. The molecule has 0 saturated carbocycles. The number of allylic oxidation sites excluding steroid dienone is 6. The van der Waals surface area contributed by atoms with Gasteiger partial charge in [-0.1, -0.05) is 23.8 Å². The molecule has 0 N–H and O–H groups in total. The van der Waals surface area contributed by atoms with Crippen molar-refractivity contribution in [1.29, 1.82) is 0 Å². The SMILES string of the molecule is CC1=Nc2ccc(C)cc2C1=CC=C1C=CN(C)C=C1. The summed E-state index contributed by atoms with van der Waals surface area (Å²) in [6, 6.07) is 6.41. The quantitative estimate of drug-likeness (QED) is 0.733. The second kappa shape index (κ2) is 4.97. The fourth-order valence-electron chi connectivity index (χ4n) is 2.41. The van der Waals surface area contributed by atoms with E-state index in [-0.39, 0.29) is 0 Å². The van der Waals surface area contributed by atoms with Crippen LogP contribution >= 0.6 is 0 Å². The first-order valence-corrected chi connectivity index (χ1v) is 6.80. The highest BCUT2D eigenvalue weighted by Crippen LogP contribution is 2.35. The van der Waals surface area contributed by atoms with Crippen molar-refractivity contribution in [2.75, 3.05) is 7.05 Å². The third-order valence-corrected chi connectivity index (χ3v) is 3.57. The van der Waals surface area contributed by atoms with Gasteiger partial charge < -0.3 is 4.90 Å². The molecule has 0 aliphatic carbocycles. The zero-order valence-electron chi connectivity index (χ0n) is 12.1. The number of hydrogen-bond acceptors (Lipinski definition) is 2. The van der Waals surface area contributed by atoms with Gasteiger partial charge in [0.05, 0.1) is 5.69 Å². The van der Waals surface area contributed by atoms with Gasteiger partial charge in [0, 0.05) is 36.3 Å². The molecule has 0 amide bonds. The normalized spacial score (nSPS) is 18.6. The Balaban J connectivity index is 1.96. The van der Waals surface area contributed by atoms with Crippen LogP contribution in [0.25, 0.3) is 5.57 Å². The van der Waals surface area contributed by atoms with Crippen LogP contribution < -0.4 is 0 Å². The van der Waals surface area contributed by atoms with Gasteiger partial charge in [-0.05, 0) is 43.7 Å². The Morgan fingerprint density at radius 3 is 2.55 bits per heavy atom. The Morgan fingerprint density at radius 2 is 1.80 bits per heavy atom. The monoisotopic (exact) mass is 262 g/mol. The van der Waals surface area contributed by atoms with E-state index >= 15 is 0 Å². The minimum absolute atomic E-state index is 1.08. The summed E-state index contributed by atoms with van der Waals surface area (Å²) >= 11 is 0. The zero-order chi connectivity index (χ0) is 14.1. The number of benzene rings is 1. The third kappa shape index (κ3) is 2.37. The molecule has 0 radical (unpaired) electrons. The molecule has 0 bridgehead atoms. The first-order chi connectivity index (χ1) is 9.63. The van der Waals surface area contributed by atoms with Crippen molar-refractivity contribution in [2.45, 2.75) is 13.8 Å². The average Bonchev–Trinajstić information content (AvgIpc) is 2.73. The second-order valence-electron chi connectivity index (χ2n) is 5.26. The lowest BCUT2D eigenvalue weighted by Gasteiger charge is -2.11. The topological polar surface area (TPSA) is 15.6 Å². The van der Waals surface area contributed by atoms with Crippen LogP contribution in [0.2, 0.25) is 0 Å². The summed E-state index contributed by atoms with van der Waals surface area (Å²) in [6.45, 7) is 4.19. The molecule has 0 fully saturated rings. The van der Waals surface area contributed by atoms with Gasteiger partial charge in [0.25, 0.3) is 0 Å². The predicted octanol–water partition coefficient (Wildman–Crippen LogP) is 4.38. The Hall–Kier alpha value is -2.35. The first-order valence-electron chi connectivity index (χ1n) is 6.80. The van der Waals surface area contributed by atoms with Crippen molar-refractivity contribution >= 4 is 17.0 Å². The molecule has 2 heteroatoms. The third-order valence-electron chi connectivity index (χ3n) is 3.57. The fraction of sp³-hybridized carbons (Fsp3) is 0.167. The van der Waals surface area contributed by atoms with E-state index in [1.165, 1.54) is 22.3 Å². The Kier molecular flexibility index (Phi) is 3.15. The molecule has 3 rings (SSSR count). The van der Waals surface area contributed by atoms with E-state index in [0.29, 0.717) is 0 Å². The van der Waals surface area contributed by atoms with Crippen molar-refractivity contribution in [2.24, 2.45) is 4.99 Å². The highest BCUT2D eigenvalue weighted by atomic mass is 15.0. The number of aliphatic imine (C=N–C) groups is 1. The molecule has 2 aliphatic rings. The number of nitrogens with zero attached hydrogens (tertiary/aromatic N) is 2. The molecule has 1 aromatic carbocycles. The second-order valence-corrected chi connectivity index (χ2v) is 5.26. The van der Waals surface area contributed by atoms with Crippen molar-refractivity contribution < 1.29 is 0 Å². The number of fused-ring (bicyclic) bond motifs is 1. The highest BCUT2D eigenvalue weighted by Gasteiger charge is 2.16. The van der Waals surface area contributed by atoms with E-state index in [2.05, 4.69) is 73.7 Å². The van der Waals surface area contributed by atoms with E-state index in [1.807, 2.05) is 11.9 Å². The molecule has 0 aromatic heterocycles. The molecular formula is C18H18N2. The summed E-state index contributed by atoms with van der Waals surface area (Å²) < 4.78 is 0. The first kappa shape index (κ1) is 12.7. The van der Waals surface area contributed by atoms with Crippen LogP contribution in [0.4, 0.5) is 5.69 Å². The summed E-state index contributed by atoms with van der Waals surface area (Å²) in [6.07, 6.45) is 12.6. The summed E-state index contributed by atoms with van der Waals surface area (Å²) in [5, 5.41) is 0. The minimum atomic E-state index is 1.08. The maximum Gasteiger partial charge on any atom is 0.0712 e. The average molecular weight is 262 g/mol. The lowest BCUT2D eigenvalue weighted by Crippen LogP contribution is -2.02. The van der Waals surface area contributed by atoms with E-state index in [4.69, 9.17) is 0 Å². The van der Waals surface area contributed by atoms with E-state index < -0.39 is 0 Å². The molecule has 0 spiro atoms. The molecule has 0 unspecified atom stereocenters. The standard InChI is InChI=1S/C18H18N2/c1-13-4-7-18-17(12-13)16(14(2)19-18)6-5-15-8-10-20(3)11-9-15/h4-12H,1-3H3. The van der Waals surface area contributed by atoms with E-state index in [1.54, 1.807) is 0 Å². The van der Waals surface area contributed by atoms with Crippen LogP contribution in [-0.4, -0.2) is 17.7 Å². The van der Waals surface area contributed by atoms with E-state index in [9.17, 15) is 0 Å².